The number of aromatic nitrogens is 3. The second-order valence-corrected chi connectivity index (χ2v) is 8.73. The molecule has 0 aliphatic carbocycles. The molecule has 12 nitrogen and oxygen atoms in total. The fourth-order valence-electron chi connectivity index (χ4n) is 3.89. The van der Waals surface area contributed by atoms with Crippen molar-refractivity contribution in [2.75, 3.05) is 23.3 Å². The molecule has 2 amide bonds. The number of H-pyrrole nitrogens is 1. The first-order chi connectivity index (χ1) is 18.6. The standard InChI is InChI=1S/C25H22F2N6O6/c1-25(26,27)39-17-4-2-3-14(7-17)9-29-22-30-10-15(11-31-22)21(34)28-12-18-13-33(24(36)37-18)16-5-6-19-20(8-16)38-23(35)32-19/h2-8,10-11,18H,9,12-13H2,1H3,(H,28,34)(H,32,35)(H,29,30,31)/t18-/m0/s1. The first-order valence-corrected chi connectivity index (χ1v) is 11.7. The predicted molar refractivity (Wildman–Crippen MR) is 134 cm³/mol. The molecule has 5 rings (SSSR count). The summed E-state index contributed by atoms with van der Waals surface area (Å²) in [6.07, 6.45) is -1.83. The van der Waals surface area contributed by atoms with E-state index < -0.39 is 30.0 Å². The fourth-order valence-corrected chi connectivity index (χ4v) is 3.89. The van der Waals surface area contributed by atoms with Gasteiger partial charge in [0.25, 0.3) is 5.91 Å². The van der Waals surface area contributed by atoms with Gasteiger partial charge in [0.15, 0.2) is 5.58 Å². The topological polar surface area (TPSA) is 152 Å². The minimum atomic E-state index is -3.29. The highest BCUT2D eigenvalue weighted by Crippen LogP contribution is 2.25. The molecule has 202 valence electrons. The number of nitrogens with zero attached hydrogens (tertiary/aromatic N) is 3. The van der Waals surface area contributed by atoms with Crippen LogP contribution in [0.2, 0.25) is 0 Å². The number of ether oxygens (including phenoxy) is 2. The number of carbonyl (C=O) groups excluding carboxylic acids is 2. The molecule has 4 aromatic rings. The molecule has 1 aliphatic rings. The van der Waals surface area contributed by atoms with Crippen LogP contribution in [0, 0.1) is 0 Å². The van der Waals surface area contributed by atoms with Crippen LogP contribution >= 0.6 is 0 Å². The summed E-state index contributed by atoms with van der Waals surface area (Å²) in [5, 5.41) is 5.63. The number of oxazole rings is 1. The molecule has 0 radical (unpaired) electrons. The normalized spacial score (nSPS) is 15.3. The maximum atomic E-state index is 13.1. The number of hydrogen-bond donors (Lipinski definition) is 3. The minimum Gasteiger partial charge on any atom is -0.442 e. The van der Waals surface area contributed by atoms with Crippen LogP contribution in [0.1, 0.15) is 22.8 Å². The molecule has 1 aliphatic heterocycles. The van der Waals surface area contributed by atoms with Gasteiger partial charge in [-0.1, -0.05) is 12.1 Å². The van der Waals surface area contributed by atoms with Gasteiger partial charge in [-0.15, -0.1) is 0 Å². The van der Waals surface area contributed by atoms with E-state index in [9.17, 15) is 23.2 Å². The molecule has 1 fully saturated rings. The van der Waals surface area contributed by atoms with Crippen molar-refractivity contribution in [2.24, 2.45) is 0 Å². The van der Waals surface area contributed by atoms with Crippen LogP contribution in [0.25, 0.3) is 11.1 Å². The lowest BCUT2D eigenvalue weighted by molar-refractivity contribution is -0.158. The Morgan fingerprint density at radius 1 is 1.21 bits per heavy atom. The van der Waals surface area contributed by atoms with Gasteiger partial charge in [0, 0.05) is 31.9 Å². The number of cyclic esters (lactones) is 1. The maximum absolute atomic E-state index is 13.1. The van der Waals surface area contributed by atoms with Gasteiger partial charge in [-0.05, 0) is 29.8 Å². The summed E-state index contributed by atoms with van der Waals surface area (Å²) in [6.45, 7) is 1.13. The van der Waals surface area contributed by atoms with Crippen molar-refractivity contribution >= 4 is 34.7 Å². The third-order valence-corrected chi connectivity index (χ3v) is 5.64. The number of hydrogen-bond acceptors (Lipinski definition) is 9. The number of alkyl halides is 2. The van der Waals surface area contributed by atoms with Crippen molar-refractivity contribution in [3.63, 3.8) is 0 Å². The summed E-state index contributed by atoms with van der Waals surface area (Å²) in [5.74, 6) is -0.798. The fraction of sp³-hybridized carbons (Fsp3) is 0.240. The number of rotatable bonds is 9. The largest absolute Gasteiger partial charge is 0.442 e. The molecule has 2 aromatic heterocycles. The quantitative estimate of drug-likeness (QED) is 0.290. The smallest absolute Gasteiger partial charge is 0.417 e. The maximum Gasteiger partial charge on any atom is 0.417 e. The summed E-state index contributed by atoms with van der Waals surface area (Å²) in [6, 6.07) is 11.0. The Morgan fingerprint density at radius 2 is 2.00 bits per heavy atom. The van der Waals surface area contributed by atoms with Crippen molar-refractivity contribution in [3.05, 3.63) is 76.5 Å². The predicted octanol–water partition coefficient (Wildman–Crippen LogP) is 3.27. The summed E-state index contributed by atoms with van der Waals surface area (Å²) in [7, 11) is 0. The van der Waals surface area contributed by atoms with Gasteiger partial charge in [-0.2, -0.15) is 8.78 Å². The molecule has 2 aromatic carbocycles. The molecular formula is C25H22F2N6O6. The van der Waals surface area contributed by atoms with Gasteiger partial charge >= 0.3 is 18.0 Å². The van der Waals surface area contributed by atoms with Crippen LogP contribution in [-0.2, 0) is 11.3 Å². The molecule has 3 heterocycles. The highest BCUT2D eigenvalue weighted by atomic mass is 19.3. The van der Waals surface area contributed by atoms with E-state index in [4.69, 9.17) is 9.15 Å². The van der Waals surface area contributed by atoms with E-state index in [0.29, 0.717) is 29.3 Å². The number of aromatic amines is 1. The van der Waals surface area contributed by atoms with Crippen LogP contribution in [0.3, 0.4) is 0 Å². The Labute approximate surface area is 218 Å². The van der Waals surface area contributed by atoms with Crippen molar-refractivity contribution in [2.45, 2.75) is 25.7 Å². The van der Waals surface area contributed by atoms with Crippen LogP contribution in [0.4, 0.5) is 25.2 Å². The first kappa shape index (κ1) is 25.6. The number of benzene rings is 2. The molecule has 1 atom stereocenters. The third-order valence-electron chi connectivity index (χ3n) is 5.64. The molecule has 14 heteroatoms. The van der Waals surface area contributed by atoms with Crippen LogP contribution in [0.5, 0.6) is 5.75 Å². The Bertz CT molecular complexity index is 1570. The molecule has 3 N–H and O–H groups in total. The Hall–Kier alpha value is -5.01. The number of nitrogens with one attached hydrogen (secondary N) is 3. The lowest BCUT2D eigenvalue weighted by Crippen LogP contribution is -2.34. The Balaban J connectivity index is 1.12. The lowest BCUT2D eigenvalue weighted by atomic mass is 10.2. The second-order valence-electron chi connectivity index (χ2n) is 8.73. The van der Waals surface area contributed by atoms with Gasteiger partial charge < -0.3 is 24.5 Å². The third kappa shape index (κ3) is 6.29. The molecule has 0 saturated carbocycles. The second kappa shape index (κ2) is 10.4. The zero-order valence-corrected chi connectivity index (χ0v) is 20.4. The van der Waals surface area contributed by atoms with E-state index in [1.807, 2.05) is 0 Å². The van der Waals surface area contributed by atoms with E-state index in [-0.39, 0.29) is 36.9 Å². The molecule has 39 heavy (non-hydrogen) atoms. The monoisotopic (exact) mass is 540 g/mol. The van der Waals surface area contributed by atoms with Crippen molar-refractivity contribution in [1.29, 1.82) is 0 Å². The molecule has 1 saturated heterocycles. The zero-order chi connectivity index (χ0) is 27.6. The first-order valence-electron chi connectivity index (χ1n) is 11.7. The molecular weight excluding hydrogens is 518 g/mol. The number of anilines is 2. The Morgan fingerprint density at radius 3 is 2.77 bits per heavy atom. The summed E-state index contributed by atoms with van der Waals surface area (Å²) in [4.78, 5) is 48.4. The highest BCUT2D eigenvalue weighted by Gasteiger charge is 2.33. The van der Waals surface area contributed by atoms with E-state index in [2.05, 4.69) is 30.3 Å². The summed E-state index contributed by atoms with van der Waals surface area (Å²) in [5.41, 5.74) is 2.16. The molecule has 0 unspecified atom stereocenters. The summed E-state index contributed by atoms with van der Waals surface area (Å²) >= 11 is 0. The SMILES string of the molecule is CC(F)(F)Oc1cccc(CNc2ncc(C(=O)NC[C@H]3CN(c4ccc5[nH]c(=O)oc5c4)C(=O)O3)cn2)c1. The van der Waals surface area contributed by atoms with Crippen LogP contribution in [-0.4, -0.2) is 52.3 Å². The number of carbonyl (C=O) groups is 2. The van der Waals surface area contributed by atoms with Gasteiger partial charge in [-0.25, -0.2) is 19.6 Å². The van der Waals surface area contributed by atoms with Gasteiger partial charge in [-0.3, -0.25) is 14.7 Å². The number of amides is 2. The van der Waals surface area contributed by atoms with Crippen molar-refractivity contribution < 1.29 is 32.3 Å². The number of halogens is 2. The van der Waals surface area contributed by atoms with Gasteiger partial charge in [0.05, 0.1) is 29.9 Å². The lowest BCUT2D eigenvalue weighted by Gasteiger charge is -2.14. The van der Waals surface area contributed by atoms with Crippen LogP contribution < -0.4 is 26.0 Å². The van der Waals surface area contributed by atoms with E-state index in [0.717, 1.165) is 0 Å². The average Bonchev–Trinajstić information content (AvgIpc) is 3.46. The van der Waals surface area contributed by atoms with Gasteiger partial charge in [0.1, 0.15) is 11.9 Å². The van der Waals surface area contributed by atoms with Crippen LogP contribution in [0.15, 0.2) is 64.1 Å². The van der Waals surface area contributed by atoms with E-state index in [1.165, 1.54) is 29.4 Å². The van der Waals surface area contributed by atoms with Gasteiger partial charge in [0.2, 0.25) is 5.95 Å². The molecule has 0 bridgehead atoms. The Kier molecular flexibility index (Phi) is 6.83. The highest BCUT2D eigenvalue weighted by molar-refractivity contribution is 5.94. The minimum absolute atomic E-state index is 0.0286. The van der Waals surface area contributed by atoms with Crippen molar-refractivity contribution in [1.82, 2.24) is 20.3 Å². The zero-order valence-electron chi connectivity index (χ0n) is 20.4. The molecule has 0 spiro atoms. The summed E-state index contributed by atoms with van der Waals surface area (Å²) < 4.78 is 41.1. The number of fused-ring (bicyclic) bond motifs is 1. The van der Waals surface area contributed by atoms with E-state index in [1.54, 1.807) is 30.3 Å². The average molecular weight is 540 g/mol. The van der Waals surface area contributed by atoms with E-state index >= 15 is 0 Å². The van der Waals surface area contributed by atoms with Crippen molar-refractivity contribution in [3.8, 4) is 5.75 Å².